The summed E-state index contributed by atoms with van der Waals surface area (Å²) >= 11 is 3.26. The highest BCUT2D eigenvalue weighted by molar-refractivity contribution is 9.10. The van der Waals surface area contributed by atoms with Gasteiger partial charge in [-0.3, -0.25) is 0 Å². The molecule has 2 atom stereocenters. The van der Waals surface area contributed by atoms with Crippen LogP contribution in [0.3, 0.4) is 0 Å². The maximum atomic E-state index is 13.9. The van der Waals surface area contributed by atoms with Crippen LogP contribution in [-0.4, -0.2) is 25.7 Å². The van der Waals surface area contributed by atoms with Gasteiger partial charge in [-0.15, -0.1) is 0 Å². The highest BCUT2D eigenvalue weighted by Gasteiger charge is 2.28. The van der Waals surface area contributed by atoms with E-state index in [1.54, 1.807) is 0 Å². The fraction of sp³-hybridized carbons (Fsp3) is 0.538. The Bertz CT molecular complexity index is 416. The summed E-state index contributed by atoms with van der Waals surface area (Å²) in [6, 6.07) is 2.96. The highest BCUT2D eigenvalue weighted by atomic mass is 79.9. The number of nitrogens with one attached hydrogen (secondary N) is 1. The van der Waals surface area contributed by atoms with Crippen molar-refractivity contribution in [3.63, 3.8) is 0 Å². The Labute approximate surface area is 114 Å². The second-order valence-electron chi connectivity index (χ2n) is 4.77. The first kappa shape index (κ1) is 13.7. The van der Waals surface area contributed by atoms with E-state index in [-0.39, 0.29) is 6.04 Å². The summed E-state index contributed by atoms with van der Waals surface area (Å²) in [5.74, 6) is -1.06. The van der Waals surface area contributed by atoms with Gasteiger partial charge >= 0.3 is 0 Å². The third-order valence-electron chi connectivity index (χ3n) is 3.55. The Morgan fingerprint density at radius 2 is 2.11 bits per heavy atom. The maximum Gasteiger partial charge on any atom is 0.150 e. The molecule has 1 aliphatic heterocycles. The molecule has 0 amide bonds. The van der Waals surface area contributed by atoms with E-state index in [2.05, 4.69) is 28.2 Å². The van der Waals surface area contributed by atoms with Crippen molar-refractivity contribution in [2.75, 3.05) is 18.5 Å². The number of anilines is 1. The van der Waals surface area contributed by atoms with Gasteiger partial charge < -0.3 is 10.2 Å². The lowest BCUT2D eigenvalue weighted by molar-refractivity contribution is 0.383. The van der Waals surface area contributed by atoms with Crippen LogP contribution in [0.15, 0.2) is 16.6 Å². The molecule has 18 heavy (non-hydrogen) atoms. The van der Waals surface area contributed by atoms with Crippen molar-refractivity contribution in [2.45, 2.75) is 31.8 Å². The first-order valence-corrected chi connectivity index (χ1v) is 6.90. The maximum absolute atomic E-state index is 13.9. The van der Waals surface area contributed by atoms with Gasteiger partial charge in [0.2, 0.25) is 0 Å². The monoisotopic (exact) mass is 318 g/mol. The number of benzene rings is 1. The normalized spacial score (nSPS) is 24.4. The van der Waals surface area contributed by atoms with Crippen LogP contribution in [0.5, 0.6) is 0 Å². The van der Waals surface area contributed by atoms with Crippen molar-refractivity contribution < 1.29 is 8.78 Å². The van der Waals surface area contributed by atoms with Crippen molar-refractivity contribution in [1.82, 2.24) is 5.32 Å². The molecule has 2 unspecified atom stereocenters. The first-order valence-electron chi connectivity index (χ1n) is 6.11. The molecule has 0 bridgehead atoms. The van der Waals surface area contributed by atoms with Gasteiger partial charge in [0.15, 0.2) is 5.82 Å². The molecule has 1 fully saturated rings. The Balaban J connectivity index is 2.27. The molecule has 5 heteroatoms. The van der Waals surface area contributed by atoms with E-state index in [4.69, 9.17) is 0 Å². The van der Waals surface area contributed by atoms with Crippen LogP contribution >= 0.6 is 15.9 Å². The fourth-order valence-electron chi connectivity index (χ4n) is 2.58. The van der Waals surface area contributed by atoms with Gasteiger partial charge in [0.05, 0.1) is 5.69 Å². The quantitative estimate of drug-likeness (QED) is 0.900. The molecule has 1 aliphatic rings. The largest absolute Gasteiger partial charge is 0.365 e. The van der Waals surface area contributed by atoms with Crippen LogP contribution in [0.1, 0.15) is 19.8 Å². The molecule has 1 heterocycles. The first-order chi connectivity index (χ1) is 8.52. The summed E-state index contributed by atoms with van der Waals surface area (Å²) in [5, 5.41) is 3.25. The minimum Gasteiger partial charge on any atom is -0.365 e. The number of rotatable bonds is 2. The molecule has 0 aromatic heterocycles. The Morgan fingerprint density at radius 1 is 1.39 bits per heavy atom. The van der Waals surface area contributed by atoms with Crippen LogP contribution in [0.4, 0.5) is 14.5 Å². The third-order valence-corrected chi connectivity index (χ3v) is 4.16. The highest BCUT2D eigenvalue weighted by Crippen LogP contribution is 2.34. The molecule has 1 N–H and O–H groups in total. The van der Waals surface area contributed by atoms with Gasteiger partial charge in [0.1, 0.15) is 5.82 Å². The van der Waals surface area contributed by atoms with Crippen molar-refractivity contribution in [1.29, 1.82) is 0 Å². The van der Waals surface area contributed by atoms with E-state index in [0.29, 0.717) is 16.2 Å². The number of hydrogen-bond acceptors (Lipinski definition) is 2. The van der Waals surface area contributed by atoms with Crippen molar-refractivity contribution in [3.05, 3.63) is 28.2 Å². The molecule has 0 saturated carbocycles. The van der Waals surface area contributed by atoms with Gasteiger partial charge in [-0.1, -0.05) is 0 Å². The average molecular weight is 319 g/mol. The molecule has 1 saturated heterocycles. The number of halogens is 3. The minimum absolute atomic E-state index is 0.229. The average Bonchev–Trinajstić information content (AvgIpc) is 2.29. The molecular formula is C13H17BrF2N2. The molecule has 1 aromatic rings. The zero-order valence-electron chi connectivity index (χ0n) is 10.5. The van der Waals surface area contributed by atoms with Crippen LogP contribution < -0.4 is 10.2 Å². The minimum atomic E-state index is -0.555. The summed E-state index contributed by atoms with van der Waals surface area (Å²) in [7, 11) is 1.95. The molecule has 0 radical (unpaired) electrons. The zero-order chi connectivity index (χ0) is 13.3. The second kappa shape index (κ2) is 5.53. The van der Waals surface area contributed by atoms with Gasteiger partial charge in [0, 0.05) is 29.2 Å². The molecule has 2 rings (SSSR count). The van der Waals surface area contributed by atoms with Crippen LogP contribution in [0.25, 0.3) is 0 Å². The van der Waals surface area contributed by atoms with E-state index in [0.717, 1.165) is 25.5 Å². The number of piperidine rings is 1. The summed E-state index contributed by atoms with van der Waals surface area (Å²) in [5.41, 5.74) is 0.471. The van der Waals surface area contributed by atoms with Gasteiger partial charge in [-0.2, -0.15) is 0 Å². The topological polar surface area (TPSA) is 15.3 Å². The molecular weight excluding hydrogens is 302 g/mol. The van der Waals surface area contributed by atoms with Crippen LogP contribution in [0.2, 0.25) is 0 Å². The van der Waals surface area contributed by atoms with Gasteiger partial charge in [0.25, 0.3) is 0 Å². The van der Waals surface area contributed by atoms with E-state index in [9.17, 15) is 8.78 Å². The Morgan fingerprint density at radius 3 is 2.67 bits per heavy atom. The van der Waals surface area contributed by atoms with E-state index >= 15 is 0 Å². The molecule has 0 aliphatic carbocycles. The van der Waals surface area contributed by atoms with E-state index < -0.39 is 11.6 Å². The summed E-state index contributed by atoms with van der Waals surface area (Å²) in [4.78, 5) is 2.01. The SMILES string of the molecule is CNC1CCN(c2c(F)cc(F)cc2Br)C(C)C1. The molecule has 1 aromatic carbocycles. The summed E-state index contributed by atoms with van der Waals surface area (Å²) in [6.45, 7) is 2.84. The molecule has 0 spiro atoms. The van der Waals surface area contributed by atoms with Crippen molar-refractivity contribution >= 4 is 21.6 Å². The lowest BCUT2D eigenvalue weighted by atomic mass is 9.97. The molecule has 2 nitrogen and oxygen atoms in total. The summed E-state index contributed by atoms with van der Waals surface area (Å²) in [6.07, 6.45) is 1.92. The van der Waals surface area contributed by atoms with E-state index in [1.807, 2.05) is 11.9 Å². The Hall–Kier alpha value is -0.680. The van der Waals surface area contributed by atoms with Crippen LogP contribution in [-0.2, 0) is 0 Å². The Kier molecular flexibility index (Phi) is 4.22. The standard InChI is InChI=1S/C13H17BrF2N2/c1-8-5-10(17-2)3-4-18(8)13-11(14)6-9(15)7-12(13)16/h6-8,10,17H,3-5H2,1-2H3. The zero-order valence-corrected chi connectivity index (χ0v) is 12.1. The van der Waals surface area contributed by atoms with Gasteiger partial charge in [-0.05, 0) is 48.8 Å². The van der Waals surface area contributed by atoms with Gasteiger partial charge in [-0.25, -0.2) is 8.78 Å². The number of nitrogens with zero attached hydrogens (tertiary/aromatic N) is 1. The van der Waals surface area contributed by atoms with E-state index in [1.165, 1.54) is 6.07 Å². The van der Waals surface area contributed by atoms with Crippen LogP contribution in [0, 0.1) is 11.6 Å². The lowest BCUT2D eigenvalue weighted by Gasteiger charge is -2.39. The predicted molar refractivity (Wildman–Crippen MR) is 72.9 cm³/mol. The predicted octanol–water partition coefficient (Wildman–Crippen LogP) is 3.30. The second-order valence-corrected chi connectivity index (χ2v) is 5.62. The third kappa shape index (κ3) is 2.67. The summed E-state index contributed by atoms with van der Waals surface area (Å²) < 4.78 is 27.5. The smallest absolute Gasteiger partial charge is 0.150 e. The fourth-order valence-corrected chi connectivity index (χ4v) is 3.21. The molecule has 100 valence electrons. The van der Waals surface area contributed by atoms with Crippen molar-refractivity contribution in [3.8, 4) is 0 Å². The number of hydrogen-bond donors (Lipinski definition) is 1. The lowest BCUT2D eigenvalue weighted by Crippen LogP contribution is -2.47. The van der Waals surface area contributed by atoms with Crippen molar-refractivity contribution in [2.24, 2.45) is 0 Å².